The highest BCUT2D eigenvalue weighted by Gasteiger charge is 2.33. The zero-order valence-corrected chi connectivity index (χ0v) is 29.0. The Kier molecular flexibility index (Phi) is 12.3. The van der Waals surface area contributed by atoms with E-state index in [0.29, 0.717) is 48.6 Å². The Morgan fingerprint density at radius 1 is 0.889 bits per heavy atom. The summed E-state index contributed by atoms with van der Waals surface area (Å²) in [6.45, 7) is 2.56. The number of nitrogens with two attached hydrogens (primary N) is 1. The first-order chi connectivity index (χ1) is 25.5. The summed E-state index contributed by atoms with van der Waals surface area (Å²) >= 11 is 0. The summed E-state index contributed by atoms with van der Waals surface area (Å²) in [6.07, 6.45) is -8.38. The number of piperidine rings is 1. The Hall–Kier alpha value is -5.43. The molecule has 0 saturated carbocycles. The lowest BCUT2D eigenvalue weighted by Gasteiger charge is -2.32. The number of nitrogens with one attached hydrogen (secondary N) is 1. The van der Waals surface area contributed by atoms with Crippen molar-refractivity contribution in [1.29, 1.82) is 0 Å². The summed E-state index contributed by atoms with van der Waals surface area (Å²) in [6, 6.07) is 22.9. The number of ether oxygens (including phenoxy) is 2. The zero-order valence-electron chi connectivity index (χ0n) is 28.1. The van der Waals surface area contributed by atoms with E-state index in [-0.39, 0.29) is 35.2 Å². The van der Waals surface area contributed by atoms with Crippen LogP contribution in [0.5, 0.6) is 17.4 Å². The third kappa shape index (κ3) is 11.0. The maximum absolute atomic E-state index is 13.6. The minimum absolute atomic E-state index is 0.0351. The Bertz CT molecular complexity index is 2010. The molecule has 19 heteroatoms. The molecule has 2 aliphatic rings. The van der Waals surface area contributed by atoms with E-state index in [2.05, 4.69) is 20.2 Å². The number of likely N-dealkylation sites (tertiary alicyclic amines) is 1. The summed E-state index contributed by atoms with van der Waals surface area (Å²) in [5.41, 5.74) is 1.19. The van der Waals surface area contributed by atoms with Crippen LogP contribution >= 0.6 is 0 Å². The average Bonchev–Trinajstić information content (AvgIpc) is 3.10. The standard InChI is InChI=1S/C33H32F3N5O5S.C2HF3O2/c34-33(35,36)30-12-13-31(39-38-30)46-26-9-6-23(7-10-26)24-14-16-41(17-15-24)32(42)25-8-11-29(45-27-19-37-20-27)28(18-25)40-47(43,44)21-22-4-2-1-3-5-22;3-2(4,5)1(6)7/h1-13,18,24,27,37,40H,14-17,19-21H2;(H,6,7). The molecule has 2 fully saturated rings. The van der Waals surface area contributed by atoms with Gasteiger partial charge in [-0.1, -0.05) is 42.5 Å². The fraction of sp³-hybridized carbons (Fsp3) is 0.314. The lowest BCUT2D eigenvalue weighted by molar-refractivity contribution is -0.721. The van der Waals surface area contributed by atoms with Crippen LogP contribution in [0.1, 0.15) is 45.9 Å². The van der Waals surface area contributed by atoms with E-state index in [9.17, 15) is 39.6 Å². The number of carboxylic acid groups (broad SMARTS) is 1. The second kappa shape index (κ2) is 16.7. The lowest BCUT2D eigenvalue weighted by Crippen LogP contribution is -2.99. The van der Waals surface area contributed by atoms with Gasteiger partial charge in [0.15, 0.2) is 11.8 Å². The number of carbonyl (C=O) groups is 2. The number of carboxylic acids is 1. The van der Waals surface area contributed by atoms with Crippen molar-refractivity contribution in [2.45, 2.75) is 43.0 Å². The van der Waals surface area contributed by atoms with Gasteiger partial charge in [-0.15, -0.1) is 10.2 Å². The summed E-state index contributed by atoms with van der Waals surface area (Å²) in [4.78, 5) is 24.1. The maximum Gasteiger partial charge on any atom is 0.435 e. The minimum atomic E-state index is -5.19. The normalized spacial score (nSPS) is 15.3. The van der Waals surface area contributed by atoms with E-state index < -0.39 is 34.0 Å². The fourth-order valence-electron chi connectivity index (χ4n) is 5.47. The van der Waals surface area contributed by atoms with E-state index >= 15 is 0 Å². The summed E-state index contributed by atoms with van der Waals surface area (Å²) in [7, 11) is -3.79. The third-order valence-electron chi connectivity index (χ3n) is 8.36. The summed E-state index contributed by atoms with van der Waals surface area (Å²) < 4.78 is 110. The molecular weight excluding hydrogens is 748 g/mol. The number of halogens is 6. The molecule has 3 aromatic carbocycles. The Labute approximate surface area is 305 Å². The van der Waals surface area contributed by atoms with Gasteiger partial charge in [-0.3, -0.25) is 9.52 Å². The number of nitrogens with zero attached hydrogens (tertiary/aromatic N) is 3. The third-order valence-corrected chi connectivity index (χ3v) is 9.61. The molecule has 2 saturated heterocycles. The van der Waals surface area contributed by atoms with Gasteiger partial charge in [0.2, 0.25) is 15.9 Å². The number of sulfonamides is 1. The van der Waals surface area contributed by atoms with E-state index in [1.54, 1.807) is 59.5 Å². The first-order valence-corrected chi connectivity index (χ1v) is 18.0. The molecule has 54 heavy (non-hydrogen) atoms. The summed E-state index contributed by atoms with van der Waals surface area (Å²) in [5.74, 6) is -2.49. The number of amides is 1. The van der Waals surface area contributed by atoms with Gasteiger partial charge in [-0.05, 0) is 66.3 Å². The van der Waals surface area contributed by atoms with Gasteiger partial charge in [0, 0.05) is 24.7 Å². The van der Waals surface area contributed by atoms with E-state index in [4.69, 9.17) is 19.4 Å². The molecule has 4 aromatic rings. The van der Waals surface area contributed by atoms with Crippen molar-refractivity contribution in [3.05, 3.63) is 107 Å². The van der Waals surface area contributed by atoms with Crippen molar-refractivity contribution in [3.63, 3.8) is 0 Å². The van der Waals surface area contributed by atoms with Crippen LogP contribution in [0.15, 0.2) is 84.9 Å². The average molecular weight is 782 g/mol. The van der Waals surface area contributed by atoms with Crippen molar-refractivity contribution in [2.24, 2.45) is 0 Å². The SMILES string of the molecule is O=C([O-])C(F)(F)F.O=C(c1ccc(OC2C[NH2+]C2)c(NS(=O)(=O)Cc2ccccc2)c1)N1CCC(c2ccc(Oc3ccc(C(F)(F)F)nn3)cc2)CC1. The van der Waals surface area contributed by atoms with Gasteiger partial charge in [0.25, 0.3) is 5.91 Å². The highest BCUT2D eigenvalue weighted by molar-refractivity contribution is 7.91. The van der Waals surface area contributed by atoms with Crippen molar-refractivity contribution in [1.82, 2.24) is 15.1 Å². The molecule has 1 amide bonds. The molecule has 288 valence electrons. The number of alkyl halides is 6. The second-order valence-corrected chi connectivity index (χ2v) is 14.1. The smallest absolute Gasteiger partial charge is 0.435 e. The highest BCUT2D eigenvalue weighted by Crippen LogP contribution is 2.33. The molecule has 0 spiro atoms. The number of anilines is 1. The van der Waals surface area contributed by atoms with E-state index in [1.807, 2.05) is 18.2 Å². The quantitative estimate of drug-likeness (QED) is 0.227. The number of benzene rings is 3. The van der Waals surface area contributed by atoms with Crippen molar-refractivity contribution < 1.29 is 64.2 Å². The van der Waals surface area contributed by atoms with Crippen LogP contribution < -0.4 is 24.6 Å². The van der Waals surface area contributed by atoms with E-state index in [1.165, 1.54) is 0 Å². The molecule has 0 atom stereocenters. The highest BCUT2D eigenvalue weighted by atomic mass is 32.2. The number of quaternary nitrogens is 1. The molecule has 3 heterocycles. The Morgan fingerprint density at radius 3 is 2.07 bits per heavy atom. The van der Waals surface area contributed by atoms with Gasteiger partial charge in [0.1, 0.15) is 30.6 Å². The number of hydrogen-bond donors (Lipinski definition) is 2. The number of aromatic nitrogens is 2. The molecule has 0 radical (unpaired) electrons. The minimum Gasteiger partial charge on any atom is -0.542 e. The maximum atomic E-state index is 13.6. The van der Waals surface area contributed by atoms with Gasteiger partial charge < -0.3 is 29.6 Å². The van der Waals surface area contributed by atoms with Crippen molar-refractivity contribution in [2.75, 3.05) is 30.9 Å². The first kappa shape index (κ1) is 39.8. The molecular formula is C35H33F6N5O7S. The molecule has 2 aliphatic heterocycles. The zero-order chi connectivity index (χ0) is 39.1. The van der Waals surface area contributed by atoms with Crippen LogP contribution in [0.4, 0.5) is 32.0 Å². The molecule has 12 nitrogen and oxygen atoms in total. The molecule has 6 rings (SSSR count). The van der Waals surface area contributed by atoms with Crippen LogP contribution in [0, 0.1) is 0 Å². The molecule has 0 aliphatic carbocycles. The van der Waals surface area contributed by atoms with Crippen LogP contribution in [-0.2, 0) is 26.7 Å². The number of rotatable bonds is 10. The number of aliphatic carboxylic acids is 1. The number of carbonyl (C=O) groups excluding carboxylic acids is 2. The molecule has 1 aromatic heterocycles. The molecule has 0 bridgehead atoms. The fourth-order valence-corrected chi connectivity index (χ4v) is 6.67. The van der Waals surface area contributed by atoms with Crippen LogP contribution in [-0.4, -0.2) is 73.9 Å². The predicted molar refractivity (Wildman–Crippen MR) is 178 cm³/mol. The second-order valence-electron chi connectivity index (χ2n) is 12.3. The Morgan fingerprint density at radius 2 is 1.54 bits per heavy atom. The Balaban J connectivity index is 0.000000730. The van der Waals surface area contributed by atoms with E-state index in [0.717, 1.165) is 30.8 Å². The van der Waals surface area contributed by atoms with Crippen LogP contribution in [0.3, 0.4) is 0 Å². The number of hydrogen-bond acceptors (Lipinski definition) is 9. The molecule has 3 N–H and O–H groups in total. The van der Waals surface area contributed by atoms with Gasteiger partial charge in [-0.25, -0.2) is 8.42 Å². The largest absolute Gasteiger partial charge is 0.542 e. The van der Waals surface area contributed by atoms with Gasteiger partial charge in [0.05, 0.1) is 11.4 Å². The topological polar surface area (TPSA) is 167 Å². The van der Waals surface area contributed by atoms with Crippen molar-refractivity contribution >= 4 is 27.6 Å². The lowest BCUT2D eigenvalue weighted by atomic mass is 9.89. The monoisotopic (exact) mass is 781 g/mol. The van der Waals surface area contributed by atoms with Crippen LogP contribution in [0.2, 0.25) is 0 Å². The molecule has 0 unspecified atom stereocenters. The predicted octanol–water partition coefficient (Wildman–Crippen LogP) is 3.87. The van der Waals surface area contributed by atoms with Gasteiger partial charge in [-0.2, -0.15) is 26.3 Å². The van der Waals surface area contributed by atoms with Crippen LogP contribution in [0.25, 0.3) is 0 Å². The van der Waals surface area contributed by atoms with Crippen molar-refractivity contribution in [3.8, 4) is 17.4 Å². The summed E-state index contributed by atoms with van der Waals surface area (Å²) in [5, 5.41) is 17.5. The first-order valence-electron chi connectivity index (χ1n) is 16.4. The van der Waals surface area contributed by atoms with Gasteiger partial charge >= 0.3 is 12.4 Å².